The average molecular weight is 906 g/mol. The SMILES string of the molecule is Cc1ccccc1CNC(=S)Nc1cccc(Cl)c1O.Oc1c(Cl)cccc1NC(=S)NCCc1ccccc1.Oc1c(Cl)cccc1NC(=S)NCc1ccccc1. The fourth-order valence-electron chi connectivity index (χ4n) is 5.08. The van der Waals surface area contributed by atoms with Crippen LogP contribution in [0.5, 0.6) is 17.2 Å². The molecule has 9 N–H and O–H groups in total. The van der Waals surface area contributed by atoms with Crippen molar-refractivity contribution in [2.24, 2.45) is 0 Å². The highest BCUT2D eigenvalue weighted by atomic mass is 35.5. The number of aryl methyl sites for hydroxylation is 1. The summed E-state index contributed by atoms with van der Waals surface area (Å²) >= 11 is 33.0. The second-order valence-electron chi connectivity index (χ2n) is 12.6. The number of benzene rings is 6. The van der Waals surface area contributed by atoms with E-state index in [1.807, 2.05) is 66.7 Å². The van der Waals surface area contributed by atoms with Gasteiger partial charge in [0.25, 0.3) is 0 Å². The first kappa shape index (κ1) is 46.4. The van der Waals surface area contributed by atoms with Crippen molar-refractivity contribution in [3.8, 4) is 17.2 Å². The van der Waals surface area contributed by atoms with Crippen LogP contribution in [0.4, 0.5) is 17.1 Å². The Labute approximate surface area is 375 Å². The molecule has 306 valence electrons. The van der Waals surface area contributed by atoms with Crippen LogP contribution in [0.15, 0.2) is 140 Å². The summed E-state index contributed by atoms with van der Waals surface area (Å²) in [7, 11) is 0. The molecular formula is C44H43Cl3N6O3S3. The molecule has 0 heterocycles. The third kappa shape index (κ3) is 16.1. The normalized spacial score (nSPS) is 10.0. The molecule has 6 rings (SSSR count). The summed E-state index contributed by atoms with van der Waals surface area (Å²) in [6.07, 6.45) is 0.879. The highest BCUT2D eigenvalue weighted by Gasteiger charge is 2.09. The van der Waals surface area contributed by atoms with Crippen molar-refractivity contribution in [1.82, 2.24) is 16.0 Å². The molecular weight excluding hydrogens is 863 g/mol. The standard InChI is InChI=1S/2C15H15ClN2OS.C14H13ClN2OS/c1-10-5-2-3-6-11(10)9-17-15(20)18-13-8-4-7-12(16)14(13)19;16-12-7-4-8-13(14(12)19)18-15(20)17-10-9-11-5-2-1-3-6-11;15-11-7-4-8-12(13(11)18)17-14(19)16-9-10-5-2-1-3-6-10/h2-8,19H,9H2,1H3,(H2,17,18,20);1-8,19H,9-10H2,(H2,17,18,20);1-8,18H,9H2,(H2,16,17,19). The van der Waals surface area contributed by atoms with Crippen molar-refractivity contribution in [1.29, 1.82) is 0 Å². The van der Waals surface area contributed by atoms with E-state index >= 15 is 0 Å². The van der Waals surface area contributed by atoms with Crippen molar-refractivity contribution in [3.05, 3.63) is 177 Å². The topological polar surface area (TPSA) is 133 Å². The maximum absolute atomic E-state index is 9.79. The summed E-state index contributed by atoms with van der Waals surface area (Å²) in [5.41, 5.74) is 6.21. The number of para-hydroxylation sites is 3. The Morgan fingerprint density at radius 3 is 1.31 bits per heavy atom. The van der Waals surface area contributed by atoms with E-state index in [0.717, 1.165) is 18.5 Å². The quantitative estimate of drug-likeness (QED) is 0.0479. The minimum Gasteiger partial charge on any atom is -0.504 e. The molecule has 0 unspecified atom stereocenters. The Bertz CT molecular complexity index is 2310. The van der Waals surface area contributed by atoms with Gasteiger partial charge in [-0.3, -0.25) is 0 Å². The molecule has 0 aliphatic rings. The molecule has 0 aromatic heterocycles. The lowest BCUT2D eigenvalue weighted by molar-refractivity contribution is 0.477. The van der Waals surface area contributed by atoms with Gasteiger partial charge in [-0.1, -0.05) is 138 Å². The fraction of sp³-hybridized carbons (Fsp3) is 0.114. The highest BCUT2D eigenvalue weighted by molar-refractivity contribution is 7.80. The zero-order chi connectivity index (χ0) is 42.6. The highest BCUT2D eigenvalue weighted by Crippen LogP contribution is 2.32. The van der Waals surface area contributed by atoms with Crippen molar-refractivity contribution >= 4 is 104 Å². The molecule has 0 atom stereocenters. The molecule has 0 saturated heterocycles. The van der Waals surface area contributed by atoms with Gasteiger partial charge in [0.05, 0.1) is 32.1 Å². The molecule has 6 aromatic rings. The number of aromatic hydroxyl groups is 3. The van der Waals surface area contributed by atoms with Crippen LogP contribution in [0, 0.1) is 6.92 Å². The van der Waals surface area contributed by atoms with E-state index in [2.05, 4.69) is 57.0 Å². The summed E-state index contributed by atoms with van der Waals surface area (Å²) in [5.74, 6) is -0.0105. The van der Waals surface area contributed by atoms with Gasteiger partial charge >= 0.3 is 0 Å². The van der Waals surface area contributed by atoms with Crippen molar-refractivity contribution in [3.63, 3.8) is 0 Å². The Kier molecular flexibility index (Phi) is 19.3. The molecule has 0 saturated carbocycles. The summed E-state index contributed by atoms with van der Waals surface area (Å²) in [6.45, 7) is 4.02. The van der Waals surface area contributed by atoms with Crippen molar-refractivity contribution in [2.75, 3.05) is 22.5 Å². The van der Waals surface area contributed by atoms with E-state index in [4.69, 9.17) is 71.5 Å². The number of nitrogens with one attached hydrogen (secondary N) is 6. The number of thiocarbonyl (C=S) groups is 3. The molecule has 0 bridgehead atoms. The van der Waals surface area contributed by atoms with Crippen LogP contribution in [0.3, 0.4) is 0 Å². The van der Waals surface area contributed by atoms with Gasteiger partial charge in [-0.15, -0.1) is 0 Å². The number of hydrogen-bond donors (Lipinski definition) is 9. The van der Waals surface area contributed by atoms with E-state index in [1.165, 1.54) is 16.7 Å². The van der Waals surface area contributed by atoms with Crippen LogP contribution in [-0.2, 0) is 19.5 Å². The van der Waals surface area contributed by atoms with Gasteiger partial charge < -0.3 is 47.2 Å². The van der Waals surface area contributed by atoms with Crippen molar-refractivity contribution in [2.45, 2.75) is 26.4 Å². The minimum atomic E-state index is -0.00646. The van der Waals surface area contributed by atoms with Crippen LogP contribution in [0.2, 0.25) is 15.1 Å². The maximum Gasteiger partial charge on any atom is 0.171 e. The van der Waals surface area contributed by atoms with Crippen LogP contribution < -0.4 is 31.9 Å². The second kappa shape index (κ2) is 24.6. The van der Waals surface area contributed by atoms with Crippen LogP contribution >= 0.6 is 71.5 Å². The van der Waals surface area contributed by atoms with E-state index in [0.29, 0.717) is 50.5 Å². The molecule has 59 heavy (non-hydrogen) atoms. The first-order chi connectivity index (χ1) is 28.4. The van der Waals surface area contributed by atoms with Gasteiger partial charge in [-0.05, 0) is 109 Å². The van der Waals surface area contributed by atoms with Crippen LogP contribution in [-0.4, -0.2) is 37.2 Å². The average Bonchev–Trinajstić information content (AvgIpc) is 3.23. The lowest BCUT2D eigenvalue weighted by atomic mass is 10.1. The zero-order valence-electron chi connectivity index (χ0n) is 31.8. The number of halogens is 3. The first-order valence-electron chi connectivity index (χ1n) is 18.1. The molecule has 0 aliphatic carbocycles. The Morgan fingerprint density at radius 1 is 0.458 bits per heavy atom. The zero-order valence-corrected chi connectivity index (χ0v) is 36.5. The molecule has 0 aliphatic heterocycles. The monoisotopic (exact) mass is 904 g/mol. The molecule has 9 nitrogen and oxygen atoms in total. The number of hydrogen-bond acceptors (Lipinski definition) is 6. The molecule has 0 spiro atoms. The molecule has 15 heteroatoms. The van der Waals surface area contributed by atoms with Gasteiger partial charge in [0.2, 0.25) is 0 Å². The number of anilines is 3. The largest absolute Gasteiger partial charge is 0.504 e. The number of phenolic OH excluding ortho intramolecular Hbond substituents is 3. The van der Waals surface area contributed by atoms with E-state index < -0.39 is 0 Å². The predicted molar refractivity (Wildman–Crippen MR) is 257 cm³/mol. The smallest absolute Gasteiger partial charge is 0.171 e. The number of rotatable bonds is 10. The van der Waals surface area contributed by atoms with E-state index in [1.54, 1.807) is 54.6 Å². The second-order valence-corrected chi connectivity index (χ2v) is 15.0. The van der Waals surface area contributed by atoms with Crippen LogP contribution in [0.25, 0.3) is 0 Å². The first-order valence-corrected chi connectivity index (χ1v) is 20.5. The lowest BCUT2D eigenvalue weighted by Crippen LogP contribution is -2.30. The molecule has 0 fully saturated rings. The third-order valence-corrected chi connectivity index (χ3v) is 9.90. The van der Waals surface area contributed by atoms with Crippen molar-refractivity contribution < 1.29 is 15.3 Å². The summed E-state index contributed by atoms with van der Waals surface area (Å²) in [5, 5.41) is 49.5. The predicted octanol–water partition coefficient (Wildman–Crippen LogP) is 10.9. The molecule has 0 radical (unpaired) electrons. The Balaban J connectivity index is 0.000000196. The summed E-state index contributed by atoms with van der Waals surface area (Å²) < 4.78 is 0. The third-order valence-electron chi connectivity index (χ3n) is 8.24. The summed E-state index contributed by atoms with van der Waals surface area (Å²) in [4.78, 5) is 0. The van der Waals surface area contributed by atoms with Crippen LogP contribution in [0.1, 0.15) is 22.3 Å². The van der Waals surface area contributed by atoms with Gasteiger partial charge in [0, 0.05) is 19.6 Å². The fourth-order valence-corrected chi connectivity index (χ4v) is 6.18. The Morgan fingerprint density at radius 2 is 0.847 bits per heavy atom. The van der Waals surface area contributed by atoms with E-state index in [9.17, 15) is 15.3 Å². The van der Waals surface area contributed by atoms with Gasteiger partial charge in [-0.25, -0.2) is 0 Å². The Hall–Kier alpha value is -5.34. The number of phenols is 3. The van der Waals surface area contributed by atoms with Gasteiger partial charge in [-0.2, -0.15) is 0 Å². The summed E-state index contributed by atoms with van der Waals surface area (Å²) in [6, 6.07) is 43.4. The lowest BCUT2D eigenvalue weighted by Gasteiger charge is -2.13. The van der Waals surface area contributed by atoms with Gasteiger partial charge in [0.15, 0.2) is 32.6 Å². The van der Waals surface area contributed by atoms with E-state index in [-0.39, 0.29) is 27.3 Å². The minimum absolute atomic E-state index is 0.00127. The maximum atomic E-state index is 9.79. The molecule has 0 amide bonds. The van der Waals surface area contributed by atoms with Gasteiger partial charge in [0.1, 0.15) is 0 Å². The molecule has 6 aromatic carbocycles.